The standard InChI is InChI=1S/C23H22N6O2S/c1-14-5-6-16-11-15(2)20-27-28(23(31)29(20)19(16)10-14)9-8-25-21(30)18-13-32-22(26-18)17-4-3-7-24-12-17/h3-7,10-12,18H,8-9,13H2,1-2H3,(H,25,30)/t18-/m1/s1. The number of carbonyl (C=O) groups is 1. The lowest BCUT2D eigenvalue weighted by Crippen LogP contribution is -2.37. The molecular weight excluding hydrogens is 424 g/mol. The third kappa shape index (κ3) is 3.69. The van der Waals surface area contributed by atoms with E-state index in [9.17, 15) is 9.59 Å². The number of benzene rings is 1. The van der Waals surface area contributed by atoms with Crippen LogP contribution in [0.15, 0.2) is 58.6 Å². The number of carbonyl (C=O) groups excluding carboxylic acids is 1. The van der Waals surface area contributed by atoms with E-state index >= 15 is 0 Å². The second-order valence-electron chi connectivity index (χ2n) is 7.85. The number of nitrogens with zero attached hydrogens (tertiary/aromatic N) is 5. The van der Waals surface area contributed by atoms with Crippen molar-refractivity contribution < 1.29 is 4.79 Å². The smallest absolute Gasteiger partial charge is 0.350 e. The van der Waals surface area contributed by atoms with Crippen LogP contribution >= 0.6 is 11.8 Å². The molecule has 3 aromatic heterocycles. The van der Waals surface area contributed by atoms with Crippen molar-refractivity contribution in [3.8, 4) is 0 Å². The van der Waals surface area contributed by atoms with Crippen molar-refractivity contribution in [1.29, 1.82) is 0 Å². The van der Waals surface area contributed by atoms with Crippen LogP contribution in [-0.2, 0) is 11.3 Å². The first-order chi connectivity index (χ1) is 15.5. The van der Waals surface area contributed by atoms with Crippen LogP contribution in [0.2, 0.25) is 0 Å². The first-order valence-corrected chi connectivity index (χ1v) is 11.4. The van der Waals surface area contributed by atoms with Crippen LogP contribution in [0, 0.1) is 13.8 Å². The predicted octanol–water partition coefficient (Wildman–Crippen LogP) is 2.34. The molecule has 0 saturated carbocycles. The van der Waals surface area contributed by atoms with Gasteiger partial charge in [0.05, 0.1) is 12.1 Å². The van der Waals surface area contributed by atoms with Gasteiger partial charge in [-0.1, -0.05) is 12.1 Å². The van der Waals surface area contributed by atoms with Crippen molar-refractivity contribution in [3.05, 3.63) is 76.0 Å². The van der Waals surface area contributed by atoms with E-state index in [0.29, 0.717) is 17.9 Å². The Labute approximate surface area is 188 Å². The molecule has 1 aliphatic heterocycles. The number of fused-ring (bicyclic) bond motifs is 3. The number of nitrogens with one attached hydrogen (secondary N) is 1. The fraction of sp³-hybridized carbons (Fsp3) is 0.261. The average molecular weight is 447 g/mol. The number of aliphatic imine (C=N–C) groups is 1. The molecule has 1 aliphatic rings. The van der Waals surface area contributed by atoms with E-state index in [2.05, 4.69) is 20.4 Å². The predicted molar refractivity (Wildman–Crippen MR) is 126 cm³/mol. The minimum absolute atomic E-state index is 0.148. The lowest BCUT2D eigenvalue weighted by molar-refractivity contribution is -0.121. The van der Waals surface area contributed by atoms with Crippen molar-refractivity contribution in [2.45, 2.75) is 26.4 Å². The molecule has 0 spiro atoms. The summed E-state index contributed by atoms with van der Waals surface area (Å²) in [7, 11) is 0. The number of hydrogen-bond donors (Lipinski definition) is 1. The zero-order valence-electron chi connectivity index (χ0n) is 17.8. The highest BCUT2D eigenvalue weighted by molar-refractivity contribution is 8.14. The van der Waals surface area contributed by atoms with Crippen LogP contribution in [0.4, 0.5) is 0 Å². The Morgan fingerprint density at radius 1 is 1.25 bits per heavy atom. The highest BCUT2D eigenvalue weighted by Crippen LogP contribution is 2.23. The molecular formula is C23H22N6O2S. The Kier molecular flexibility index (Phi) is 5.26. The van der Waals surface area contributed by atoms with Gasteiger partial charge in [0.2, 0.25) is 5.91 Å². The molecule has 0 unspecified atom stereocenters. The molecule has 4 heterocycles. The maximum atomic E-state index is 13.1. The Morgan fingerprint density at radius 2 is 2.12 bits per heavy atom. The molecule has 1 atom stereocenters. The molecule has 0 radical (unpaired) electrons. The molecule has 0 bridgehead atoms. The van der Waals surface area contributed by atoms with Gasteiger partial charge in [0.1, 0.15) is 11.1 Å². The van der Waals surface area contributed by atoms with Crippen LogP contribution in [-0.4, -0.2) is 48.5 Å². The molecule has 5 rings (SSSR count). The molecule has 0 aliphatic carbocycles. The van der Waals surface area contributed by atoms with Crippen LogP contribution in [0.3, 0.4) is 0 Å². The van der Waals surface area contributed by atoms with E-state index in [0.717, 1.165) is 32.6 Å². The van der Waals surface area contributed by atoms with Gasteiger partial charge in [0.15, 0.2) is 5.65 Å². The first-order valence-electron chi connectivity index (χ1n) is 10.4. The van der Waals surface area contributed by atoms with E-state index in [1.165, 1.54) is 4.68 Å². The summed E-state index contributed by atoms with van der Waals surface area (Å²) in [6, 6.07) is 11.4. The quantitative estimate of drug-likeness (QED) is 0.508. The number of rotatable bonds is 5. The van der Waals surface area contributed by atoms with E-state index in [1.54, 1.807) is 28.6 Å². The summed E-state index contributed by atoms with van der Waals surface area (Å²) in [4.78, 5) is 34.3. The Morgan fingerprint density at radius 3 is 2.94 bits per heavy atom. The highest BCUT2D eigenvalue weighted by atomic mass is 32.2. The number of hydrogen-bond acceptors (Lipinski definition) is 6. The number of amides is 1. The number of thioether (sulfide) groups is 1. The molecule has 0 saturated heterocycles. The summed E-state index contributed by atoms with van der Waals surface area (Å²) in [5.74, 6) is 0.444. The Bertz CT molecular complexity index is 1420. The Balaban J connectivity index is 1.31. The average Bonchev–Trinajstić information content (AvgIpc) is 3.41. The summed E-state index contributed by atoms with van der Waals surface area (Å²) in [6.07, 6.45) is 3.45. The number of aryl methyl sites for hydroxylation is 2. The summed E-state index contributed by atoms with van der Waals surface area (Å²) in [5.41, 5.74) is 4.20. The monoisotopic (exact) mass is 446 g/mol. The normalized spacial score (nSPS) is 15.9. The summed E-state index contributed by atoms with van der Waals surface area (Å²) in [6.45, 7) is 4.54. The topological polar surface area (TPSA) is 93.7 Å². The molecule has 32 heavy (non-hydrogen) atoms. The van der Waals surface area contributed by atoms with Gasteiger partial charge in [-0.15, -0.1) is 16.9 Å². The van der Waals surface area contributed by atoms with Gasteiger partial charge in [0.25, 0.3) is 0 Å². The fourth-order valence-electron chi connectivity index (χ4n) is 3.85. The van der Waals surface area contributed by atoms with Gasteiger partial charge in [-0.3, -0.25) is 14.8 Å². The van der Waals surface area contributed by atoms with Gasteiger partial charge < -0.3 is 5.32 Å². The third-order valence-electron chi connectivity index (χ3n) is 5.48. The minimum atomic E-state index is -0.442. The second kappa shape index (κ2) is 8.23. The molecule has 1 amide bonds. The lowest BCUT2D eigenvalue weighted by atomic mass is 10.1. The maximum absolute atomic E-state index is 13.1. The maximum Gasteiger partial charge on any atom is 0.350 e. The van der Waals surface area contributed by atoms with Gasteiger partial charge in [0, 0.05) is 30.3 Å². The van der Waals surface area contributed by atoms with E-state index in [4.69, 9.17) is 0 Å². The number of aromatic nitrogens is 4. The van der Waals surface area contributed by atoms with Crippen molar-refractivity contribution in [2.24, 2.45) is 4.99 Å². The van der Waals surface area contributed by atoms with Crippen molar-refractivity contribution in [3.63, 3.8) is 0 Å². The van der Waals surface area contributed by atoms with Crippen LogP contribution in [0.5, 0.6) is 0 Å². The summed E-state index contributed by atoms with van der Waals surface area (Å²) >= 11 is 1.55. The van der Waals surface area contributed by atoms with Crippen molar-refractivity contribution >= 4 is 39.3 Å². The van der Waals surface area contributed by atoms with Gasteiger partial charge in [-0.2, -0.15) is 0 Å². The molecule has 1 N–H and O–H groups in total. The van der Waals surface area contributed by atoms with Crippen LogP contribution in [0.1, 0.15) is 16.7 Å². The molecule has 162 valence electrons. The highest BCUT2D eigenvalue weighted by Gasteiger charge is 2.25. The third-order valence-corrected chi connectivity index (χ3v) is 6.57. The molecule has 1 aromatic carbocycles. The SMILES string of the molecule is Cc1ccc2cc(C)c3nn(CCNC(=O)[C@H]4CSC(c5cccnc5)=N4)c(=O)n3c2c1. The molecule has 4 aromatic rings. The fourth-order valence-corrected chi connectivity index (χ4v) is 4.88. The summed E-state index contributed by atoms with van der Waals surface area (Å²) in [5, 5.41) is 9.23. The molecule has 9 heteroatoms. The lowest BCUT2D eigenvalue weighted by Gasteiger charge is -2.07. The molecule has 0 fully saturated rings. The number of pyridine rings is 2. The minimum Gasteiger partial charge on any atom is -0.352 e. The Hall–Kier alpha value is -3.46. The van der Waals surface area contributed by atoms with E-state index in [1.807, 2.05) is 50.2 Å². The zero-order chi connectivity index (χ0) is 22.2. The summed E-state index contributed by atoms with van der Waals surface area (Å²) < 4.78 is 3.07. The van der Waals surface area contributed by atoms with Crippen molar-refractivity contribution in [2.75, 3.05) is 12.3 Å². The van der Waals surface area contributed by atoms with Crippen LogP contribution in [0.25, 0.3) is 16.6 Å². The molecule has 8 nitrogen and oxygen atoms in total. The second-order valence-corrected chi connectivity index (χ2v) is 8.86. The van der Waals surface area contributed by atoms with Gasteiger partial charge in [-0.25, -0.2) is 13.9 Å². The largest absolute Gasteiger partial charge is 0.352 e. The van der Waals surface area contributed by atoms with E-state index in [-0.39, 0.29) is 18.1 Å². The zero-order valence-corrected chi connectivity index (χ0v) is 18.6. The first kappa shape index (κ1) is 20.4. The van der Waals surface area contributed by atoms with Crippen molar-refractivity contribution in [1.82, 2.24) is 24.5 Å². The van der Waals surface area contributed by atoms with Crippen LogP contribution < -0.4 is 11.0 Å². The van der Waals surface area contributed by atoms with Gasteiger partial charge >= 0.3 is 5.69 Å². The van der Waals surface area contributed by atoms with Gasteiger partial charge in [-0.05, 0) is 54.6 Å². The van der Waals surface area contributed by atoms with E-state index < -0.39 is 6.04 Å².